The summed E-state index contributed by atoms with van der Waals surface area (Å²) in [4.78, 5) is 16.7. The zero-order valence-electron chi connectivity index (χ0n) is 11.2. The first kappa shape index (κ1) is 16.5. The molecule has 0 saturated carbocycles. The Bertz CT molecular complexity index is 668. The number of carbonyl (C=O) groups excluding carboxylic acids is 1. The Morgan fingerprint density at radius 3 is 2.62 bits per heavy atom. The van der Waals surface area contributed by atoms with Gasteiger partial charge in [-0.2, -0.15) is 0 Å². The first-order valence-electron chi connectivity index (χ1n) is 5.98. The van der Waals surface area contributed by atoms with E-state index in [2.05, 4.69) is 26.2 Å². The summed E-state index contributed by atoms with van der Waals surface area (Å²) in [7, 11) is 0. The highest BCUT2D eigenvalue weighted by Crippen LogP contribution is 2.37. The van der Waals surface area contributed by atoms with E-state index in [1.807, 2.05) is 0 Å². The second-order valence-corrected chi connectivity index (χ2v) is 6.95. The third-order valence-corrected chi connectivity index (χ3v) is 4.44. The SMILES string of the molecule is CCOC(=O)c1nc(Nc2c(Cl)cc(Br)cc2Cl)sc1C. The topological polar surface area (TPSA) is 51.2 Å². The second-order valence-electron chi connectivity index (χ2n) is 4.01. The fourth-order valence-electron chi connectivity index (χ4n) is 1.61. The zero-order chi connectivity index (χ0) is 15.6. The number of nitrogens with one attached hydrogen (secondary N) is 1. The van der Waals surface area contributed by atoms with Crippen LogP contribution in [0.2, 0.25) is 10.0 Å². The average Bonchev–Trinajstić information content (AvgIpc) is 2.75. The summed E-state index contributed by atoms with van der Waals surface area (Å²) in [6, 6.07) is 3.45. The van der Waals surface area contributed by atoms with E-state index >= 15 is 0 Å². The van der Waals surface area contributed by atoms with Crippen molar-refractivity contribution in [1.29, 1.82) is 0 Å². The third kappa shape index (κ3) is 3.88. The van der Waals surface area contributed by atoms with Gasteiger partial charge in [-0.3, -0.25) is 0 Å². The normalized spacial score (nSPS) is 10.5. The van der Waals surface area contributed by atoms with E-state index in [9.17, 15) is 4.79 Å². The number of benzene rings is 1. The summed E-state index contributed by atoms with van der Waals surface area (Å²) < 4.78 is 5.74. The number of aryl methyl sites for hydroxylation is 1. The minimum absolute atomic E-state index is 0.300. The minimum Gasteiger partial charge on any atom is -0.461 e. The molecule has 2 aromatic rings. The van der Waals surface area contributed by atoms with Gasteiger partial charge in [0.05, 0.1) is 22.3 Å². The lowest BCUT2D eigenvalue weighted by Gasteiger charge is -2.08. The van der Waals surface area contributed by atoms with Gasteiger partial charge < -0.3 is 10.1 Å². The van der Waals surface area contributed by atoms with Crippen LogP contribution in [-0.4, -0.2) is 17.6 Å². The molecule has 1 aromatic carbocycles. The van der Waals surface area contributed by atoms with Crippen molar-refractivity contribution in [3.63, 3.8) is 0 Å². The van der Waals surface area contributed by atoms with Crippen LogP contribution in [0.4, 0.5) is 10.8 Å². The molecule has 0 spiro atoms. The lowest BCUT2D eigenvalue weighted by atomic mass is 10.3. The van der Waals surface area contributed by atoms with E-state index in [1.54, 1.807) is 26.0 Å². The number of aromatic nitrogens is 1. The number of thiazole rings is 1. The largest absolute Gasteiger partial charge is 0.461 e. The molecule has 0 aliphatic rings. The number of rotatable bonds is 4. The van der Waals surface area contributed by atoms with Crippen LogP contribution in [0.15, 0.2) is 16.6 Å². The average molecular weight is 410 g/mol. The minimum atomic E-state index is -0.438. The van der Waals surface area contributed by atoms with Crippen LogP contribution in [-0.2, 0) is 4.74 Å². The number of esters is 1. The molecule has 0 saturated heterocycles. The maximum atomic E-state index is 11.7. The summed E-state index contributed by atoms with van der Waals surface area (Å²) in [6.45, 7) is 3.86. The third-order valence-electron chi connectivity index (χ3n) is 2.50. The molecule has 1 aromatic heterocycles. The van der Waals surface area contributed by atoms with Gasteiger partial charge in [0.2, 0.25) is 0 Å². The number of ether oxygens (including phenoxy) is 1. The van der Waals surface area contributed by atoms with Gasteiger partial charge in [-0.05, 0) is 26.0 Å². The Morgan fingerprint density at radius 2 is 2.05 bits per heavy atom. The molecule has 0 bridgehead atoms. The maximum absolute atomic E-state index is 11.7. The smallest absolute Gasteiger partial charge is 0.358 e. The first-order valence-corrected chi connectivity index (χ1v) is 8.35. The molecule has 4 nitrogen and oxygen atoms in total. The summed E-state index contributed by atoms with van der Waals surface area (Å²) in [5.74, 6) is -0.438. The molecule has 0 unspecified atom stereocenters. The molecule has 1 heterocycles. The molecule has 0 atom stereocenters. The van der Waals surface area contributed by atoms with Gasteiger partial charge in [-0.1, -0.05) is 39.1 Å². The summed E-state index contributed by atoms with van der Waals surface area (Å²) >= 11 is 17.0. The highest BCUT2D eigenvalue weighted by atomic mass is 79.9. The van der Waals surface area contributed by atoms with Crippen molar-refractivity contribution >= 4 is 67.3 Å². The zero-order valence-corrected chi connectivity index (χ0v) is 15.1. The van der Waals surface area contributed by atoms with Crippen molar-refractivity contribution in [3.05, 3.63) is 37.2 Å². The van der Waals surface area contributed by atoms with Gasteiger partial charge in [-0.25, -0.2) is 9.78 Å². The Hall–Kier alpha value is -0.820. The number of anilines is 2. The van der Waals surface area contributed by atoms with Crippen molar-refractivity contribution in [3.8, 4) is 0 Å². The van der Waals surface area contributed by atoms with Gasteiger partial charge in [0.15, 0.2) is 10.8 Å². The summed E-state index contributed by atoms with van der Waals surface area (Å²) in [5.41, 5.74) is 0.847. The molecule has 21 heavy (non-hydrogen) atoms. The van der Waals surface area contributed by atoms with Crippen LogP contribution in [0.25, 0.3) is 0 Å². The van der Waals surface area contributed by atoms with Gasteiger partial charge in [0.1, 0.15) is 0 Å². The molecule has 0 aliphatic heterocycles. The quantitative estimate of drug-likeness (QED) is 0.683. The molecular formula is C13H11BrCl2N2O2S. The van der Waals surface area contributed by atoms with Gasteiger partial charge >= 0.3 is 5.97 Å². The Balaban J connectivity index is 2.29. The van der Waals surface area contributed by atoms with E-state index < -0.39 is 5.97 Å². The van der Waals surface area contributed by atoms with E-state index in [1.165, 1.54) is 11.3 Å². The molecular weight excluding hydrogens is 399 g/mol. The van der Waals surface area contributed by atoms with Crippen molar-refractivity contribution in [1.82, 2.24) is 4.98 Å². The fraction of sp³-hybridized carbons (Fsp3) is 0.231. The Labute approximate surface area is 144 Å². The van der Waals surface area contributed by atoms with E-state index in [-0.39, 0.29) is 0 Å². The van der Waals surface area contributed by atoms with Crippen LogP contribution in [0, 0.1) is 6.92 Å². The van der Waals surface area contributed by atoms with Crippen LogP contribution < -0.4 is 5.32 Å². The molecule has 0 aliphatic carbocycles. The monoisotopic (exact) mass is 408 g/mol. The number of carbonyl (C=O) groups is 1. The lowest BCUT2D eigenvalue weighted by Crippen LogP contribution is -2.06. The van der Waals surface area contributed by atoms with Crippen LogP contribution in [0.3, 0.4) is 0 Å². The van der Waals surface area contributed by atoms with E-state index in [0.717, 1.165) is 9.35 Å². The molecule has 1 N–H and O–H groups in total. The highest BCUT2D eigenvalue weighted by Gasteiger charge is 2.18. The maximum Gasteiger partial charge on any atom is 0.358 e. The standard InChI is InChI=1S/C13H11BrCl2N2O2S/c1-3-20-12(19)10-6(2)21-13(17-10)18-11-8(15)4-7(14)5-9(11)16/h4-5H,3H2,1-2H3,(H,17,18). The van der Waals surface area contributed by atoms with E-state index in [4.69, 9.17) is 27.9 Å². The number of hydrogen-bond acceptors (Lipinski definition) is 5. The molecule has 0 fully saturated rings. The van der Waals surface area contributed by atoms with Crippen molar-refractivity contribution < 1.29 is 9.53 Å². The molecule has 0 radical (unpaired) electrons. The van der Waals surface area contributed by atoms with Gasteiger partial charge in [-0.15, -0.1) is 11.3 Å². The lowest BCUT2D eigenvalue weighted by molar-refractivity contribution is 0.0519. The summed E-state index contributed by atoms with van der Waals surface area (Å²) in [6.07, 6.45) is 0. The first-order chi connectivity index (χ1) is 9.92. The fourth-order valence-corrected chi connectivity index (χ4v) is 3.72. The number of hydrogen-bond donors (Lipinski definition) is 1. The molecule has 8 heteroatoms. The predicted octanol–water partition coefficient (Wildman–Crippen LogP) is 5.44. The summed E-state index contributed by atoms with van der Waals surface area (Å²) in [5, 5.41) is 4.49. The molecule has 0 amide bonds. The van der Waals surface area contributed by atoms with Crippen molar-refractivity contribution in [2.45, 2.75) is 13.8 Å². The van der Waals surface area contributed by atoms with Crippen molar-refractivity contribution in [2.75, 3.05) is 11.9 Å². The number of halogens is 3. The number of nitrogens with zero attached hydrogens (tertiary/aromatic N) is 1. The van der Waals surface area contributed by atoms with Crippen LogP contribution in [0.1, 0.15) is 22.3 Å². The molecule has 112 valence electrons. The van der Waals surface area contributed by atoms with Crippen LogP contribution >= 0.6 is 50.5 Å². The van der Waals surface area contributed by atoms with Gasteiger partial charge in [0, 0.05) is 9.35 Å². The van der Waals surface area contributed by atoms with E-state index in [0.29, 0.717) is 33.2 Å². The van der Waals surface area contributed by atoms with Gasteiger partial charge in [0.25, 0.3) is 0 Å². The Kier molecular flexibility index (Phi) is 5.48. The molecule has 2 rings (SSSR count). The van der Waals surface area contributed by atoms with Crippen molar-refractivity contribution in [2.24, 2.45) is 0 Å². The predicted molar refractivity (Wildman–Crippen MR) is 90.3 cm³/mol. The highest BCUT2D eigenvalue weighted by molar-refractivity contribution is 9.10. The Morgan fingerprint density at radius 1 is 1.43 bits per heavy atom. The second kappa shape index (κ2) is 6.96. The van der Waals surface area contributed by atoms with Crippen LogP contribution in [0.5, 0.6) is 0 Å².